The van der Waals surface area contributed by atoms with E-state index in [0.717, 1.165) is 5.56 Å². The van der Waals surface area contributed by atoms with Crippen molar-refractivity contribution in [2.45, 2.75) is 11.8 Å². The lowest BCUT2D eigenvalue weighted by Gasteiger charge is -2.26. The molecule has 0 aromatic heterocycles. The molecule has 0 N–H and O–H groups in total. The van der Waals surface area contributed by atoms with Crippen molar-refractivity contribution in [1.82, 2.24) is 4.31 Å². The number of aryl methyl sites for hydroxylation is 1. The van der Waals surface area contributed by atoms with Crippen LogP contribution in [0.15, 0.2) is 47.4 Å². The van der Waals surface area contributed by atoms with Crippen LogP contribution >= 0.6 is 11.6 Å². The fourth-order valence-electron chi connectivity index (χ4n) is 2.60. The molecular weight excluding hydrogens is 378 g/mol. The lowest BCUT2D eigenvalue weighted by molar-refractivity contribution is 0.0727. The molecule has 26 heavy (non-hydrogen) atoms. The minimum Gasteiger partial charge on any atom is -0.423 e. The smallest absolute Gasteiger partial charge is 0.343 e. The lowest BCUT2D eigenvalue weighted by atomic mass is 10.2. The Bertz CT molecular complexity index is 923. The number of carbonyl (C=O) groups is 1. The highest BCUT2D eigenvalue weighted by Gasteiger charge is 2.29. The van der Waals surface area contributed by atoms with Gasteiger partial charge in [-0.3, -0.25) is 0 Å². The normalized spacial score (nSPS) is 15.6. The van der Waals surface area contributed by atoms with Crippen LogP contribution in [0, 0.1) is 6.92 Å². The van der Waals surface area contributed by atoms with Crippen LogP contribution < -0.4 is 4.74 Å². The summed E-state index contributed by atoms with van der Waals surface area (Å²) >= 11 is 6.10. The van der Waals surface area contributed by atoms with Gasteiger partial charge in [0, 0.05) is 13.1 Å². The van der Waals surface area contributed by atoms with E-state index in [1.165, 1.54) is 22.5 Å². The molecule has 0 saturated carbocycles. The Balaban J connectivity index is 1.88. The van der Waals surface area contributed by atoms with Gasteiger partial charge in [0.1, 0.15) is 10.6 Å². The minimum absolute atomic E-state index is 0.0589. The molecule has 1 heterocycles. The first-order chi connectivity index (χ1) is 12.4. The molecule has 0 amide bonds. The first kappa shape index (κ1) is 18.8. The van der Waals surface area contributed by atoms with Gasteiger partial charge in [-0.25, -0.2) is 13.2 Å². The summed E-state index contributed by atoms with van der Waals surface area (Å²) in [5, 5.41) is 0.0589. The summed E-state index contributed by atoms with van der Waals surface area (Å²) in [5.41, 5.74) is 1.06. The van der Waals surface area contributed by atoms with Gasteiger partial charge in [0.2, 0.25) is 10.0 Å². The topological polar surface area (TPSA) is 72.9 Å². The minimum atomic E-state index is -3.81. The number of nitrogens with zero attached hydrogens (tertiary/aromatic N) is 1. The summed E-state index contributed by atoms with van der Waals surface area (Å²) in [6, 6.07) is 11.1. The number of sulfonamides is 1. The number of morpholine rings is 1. The molecule has 1 aliphatic rings. The molecule has 0 bridgehead atoms. The Kier molecular flexibility index (Phi) is 5.62. The monoisotopic (exact) mass is 395 g/mol. The zero-order valence-electron chi connectivity index (χ0n) is 14.1. The summed E-state index contributed by atoms with van der Waals surface area (Å²) in [5.74, 6) is -0.256. The third-order valence-corrected chi connectivity index (χ3v) is 6.34. The van der Waals surface area contributed by atoms with Gasteiger partial charge >= 0.3 is 5.97 Å². The molecule has 1 aliphatic heterocycles. The first-order valence-corrected chi connectivity index (χ1v) is 9.86. The largest absolute Gasteiger partial charge is 0.423 e. The van der Waals surface area contributed by atoms with Crippen LogP contribution in [0.4, 0.5) is 0 Å². The number of benzene rings is 2. The average Bonchev–Trinajstić information content (AvgIpc) is 2.62. The third kappa shape index (κ3) is 4.07. The maximum atomic E-state index is 12.8. The van der Waals surface area contributed by atoms with Gasteiger partial charge in [-0.15, -0.1) is 0 Å². The average molecular weight is 396 g/mol. The van der Waals surface area contributed by atoms with Crippen molar-refractivity contribution in [3.8, 4) is 5.75 Å². The van der Waals surface area contributed by atoms with E-state index >= 15 is 0 Å². The highest BCUT2D eigenvalue weighted by molar-refractivity contribution is 7.89. The zero-order chi connectivity index (χ0) is 18.7. The van der Waals surface area contributed by atoms with Crippen LogP contribution in [0.25, 0.3) is 0 Å². The van der Waals surface area contributed by atoms with Crippen LogP contribution in [0.5, 0.6) is 5.75 Å². The molecular formula is C18H18ClNO5S. The predicted octanol–water partition coefficient (Wildman–Crippen LogP) is 2.89. The summed E-state index contributed by atoms with van der Waals surface area (Å²) in [4.78, 5) is 12.3. The number of hydrogen-bond donors (Lipinski definition) is 0. The molecule has 0 aliphatic carbocycles. The van der Waals surface area contributed by atoms with Crippen LogP contribution in [0.2, 0.25) is 5.02 Å². The van der Waals surface area contributed by atoms with Crippen molar-refractivity contribution >= 4 is 27.6 Å². The first-order valence-electron chi connectivity index (χ1n) is 8.04. The van der Waals surface area contributed by atoms with Gasteiger partial charge in [-0.05, 0) is 42.8 Å². The molecule has 3 rings (SSSR count). The number of esters is 1. The Labute approximate surface area is 157 Å². The molecule has 0 radical (unpaired) electrons. The second-order valence-electron chi connectivity index (χ2n) is 5.87. The molecule has 138 valence electrons. The van der Waals surface area contributed by atoms with E-state index in [4.69, 9.17) is 21.1 Å². The van der Waals surface area contributed by atoms with E-state index < -0.39 is 16.0 Å². The maximum Gasteiger partial charge on any atom is 0.343 e. The number of carbonyl (C=O) groups excluding carboxylic acids is 1. The highest BCUT2D eigenvalue weighted by Crippen LogP contribution is 2.27. The van der Waals surface area contributed by atoms with Crippen LogP contribution in [0.1, 0.15) is 15.9 Å². The summed E-state index contributed by atoms with van der Waals surface area (Å²) < 4.78 is 37.4. The van der Waals surface area contributed by atoms with Crippen LogP contribution in [-0.2, 0) is 14.8 Å². The van der Waals surface area contributed by atoms with E-state index in [2.05, 4.69) is 0 Å². The van der Waals surface area contributed by atoms with E-state index in [0.29, 0.717) is 19.0 Å². The molecule has 2 aromatic rings. The molecule has 1 fully saturated rings. The zero-order valence-corrected chi connectivity index (χ0v) is 15.7. The standard InChI is InChI=1S/C18H18ClNO5S/c1-13-3-2-4-15(11-13)25-18(21)14-5-6-16(19)17(12-14)26(22,23)20-7-9-24-10-8-20/h2-6,11-12H,7-10H2,1H3. The van der Waals surface area contributed by atoms with Crippen molar-refractivity contribution < 1.29 is 22.7 Å². The fraction of sp³-hybridized carbons (Fsp3) is 0.278. The van der Waals surface area contributed by atoms with Crippen molar-refractivity contribution in [1.29, 1.82) is 0 Å². The quantitative estimate of drug-likeness (QED) is 0.588. The van der Waals surface area contributed by atoms with Crippen LogP contribution in [0.3, 0.4) is 0 Å². The van der Waals surface area contributed by atoms with Gasteiger partial charge in [-0.2, -0.15) is 4.31 Å². The van der Waals surface area contributed by atoms with Gasteiger partial charge in [0.25, 0.3) is 0 Å². The Hall–Kier alpha value is -1.93. The van der Waals surface area contributed by atoms with Gasteiger partial charge in [-0.1, -0.05) is 23.7 Å². The molecule has 8 heteroatoms. The van der Waals surface area contributed by atoms with Crippen molar-refractivity contribution in [3.63, 3.8) is 0 Å². The van der Waals surface area contributed by atoms with Gasteiger partial charge in [0.15, 0.2) is 0 Å². The maximum absolute atomic E-state index is 12.8. The number of hydrogen-bond acceptors (Lipinski definition) is 5. The van der Waals surface area contributed by atoms with E-state index in [1.807, 2.05) is 13.0 Å². The predicted molar refractivity (Wildman–Crippen MR) is 97.2 cm³/mol. The Morgan fingerprint density at radius 3 is 2.58 bits per heavy atom. The number of rotatable bonds is 4. The van der Waals surface area contributed by atoms with Crippen molar-refractivity contribution in [2.75, 3.05) is 26.3 Å². The van der Waals surface area contributed by atoms with Gasteiger partial charge < -0.3 is 9.47 Å². The van der Waals surface area contributed by atoms with E-state index in [-0.39, 0.29) is 28.6 Å². The molecule has 0 spiro atoms. The SMILES string of the molecule is Cc1cccc(OC(=O)c2ccc(Cl)c(S(=O)(=O)N3CCOCC3)c2)c1. The molecule has 6 nitrogen and oxygen atoms in total. The molecule has 0 unspecified atom stereocenters. The molecule has 2 aromatic carbocycles. The molecule has 1 saturated heterocycles. The summed E-state index contributed by atoms with van der Waals surface area (Å²) in [6.07, 6.45) is 0. The molecule has 0 atom stereocenters. The van der Waals surface area contributed by atoms with Crippen LogP contribution in [-0.4, -0.2) is 45.0 Å². The number of halogens is 1. The second-order valence-corrected chi connectivity index (χ2v) is 8.18. The summed E-state index contributed by atoms with van der Waals surface area (Å²) in [7, 11) is -3.81. The second kappa shape index (κ2) is 7.75. The fourth-order valence-corrected chi connectivity index (χ4v) is 4.51. The van der Waals surface area contributed by atoms with E-state index in [9.17, 15) is 13.2 Å². The lowest BCUT2D eigenvalue weighted by Crippen LogP contribution is -2.40. The summed E-state index contributed by atoms with van der Waals surface area (Å²) in [6.45, 7) is 3.03. The Morgan fingerprint density at radius 2 is 1.88 bits per heavy atom. The van der Waals surface area contributed by atoms with Crippen molar-refractivity contribution in [2.24, 2.45) is 0 Å². The number of ether oxygens (including phenoxy) is 2. The van der Waals surface area contributed by atoms with Crippen molar-refractivity contribution in [3.05, 3.63) is 58.6 Å². The Morgan fingerprint density at radius 1 is 1.15 bits per heavy atom. The third-order valence-electron chi connectivity index (χ3n) is 3.95. The van der Waals surface area contributed by atoms with Gasteiger partial charge in [0.05, 0.1) is 23.8 Å². The highest BCUT2D eigenvalue weighted by atomic mass is 35.5. The van der Waals surface area contributed by atoms with E-state index in [1.54, 1.807) is 18.2 Å².